The van der Waals surface area contributed by atoms with E-state index < -0.39 is 18.0 Å². The van der Waals surface area contributed by atoms with Crippen LogP contribution in [0.3, 0.4) is 0 Å². The summed E-state index contributed by atoms with van der Waals surface area (Å²) in [5.74, 6) is -2.04. The Morgan fingerprint density at radius 2 is 1.42 bits per heavy atom. The van der Waals surface area contributed by atoms with Crippen LogP contribution in [0, 0.1) is 0 Å². The SMILES string of the molecule is CCC(CC(=O)O)N(CCN(Cc1ccc(CO)cc1O)C(C)C(=O)O)Cc1cc(CO)ccc1O. The first-order valence-corrected chi connectivity index (χ1v) is 11.8. The molecule has 0 heterocycles. The molecule has 2 rings (SSSR count). The van der Waals surface area contributed by atoms with E-state index in [9.17, 15) is 40.2 Å². The molecule has 0 aliphatic rings. The molecule has 2 unspecified atom stereocenters. The van der Waals surface area contributed by atoms with Crippen LogP contribution in [0.5, 0.6) is 11.5 Å². The van der Waals surface area contributed by atoms with Crippen molar-refractivity contribution in [2.45, 2.75) is 65.1 Å². The average molecular weight is 505 g/mol. The Kier molecular flexibility index (Phi) is 11.1. The second kappa shape index (κ2) is 13.8. The highest BCUT2D eigenvalue weighted by Crippen LogP contribution is 2.25. The maximum absolute atomic E-state index is 11.8. The van der Waals surface area contributed by atoms with E-state index in [1.807, 2.05) is 11.8 Å². The van der Waals surface area contributed by atoms with Gasteiger partial charge in [0.15, 0.2) is 0 Å². The van der Waals surface area contributed by atoms with Crippen molar-refractivity contribution in [1.82, 2.24) is 9.80 Å². The molecule has 36 heavy (non-hydrogen) atoms. The summed E-state index contributed by atoms with van der Waals surface area (Å²) < 4.78 is 0. The molecule has 10 heteroatoms. The number of hydrogen-bond acceptors (Lipinski definition) is 8. The molecule has 0 fully saturated rings. The molecule has 0 aliphatic heterocycles. The number of phenols is 2. The quantitative estimate of drug-likeness (QED) is 0.212. The second-order valence-corrected chi connectivity index (χ2v) is 8.86. The molecule has 6 N–H and O–H groups in total. The smallest absolute Gasteiger partial charge is 0.320 e. The highest BCUT2D eigenvalue weighted by atomic mass is 16.4. The van der Waals surface area contributed by atoms with Gasteiger partial charge in [-0.05, 0) is 42.7 Å². The molecule has 10 nitrogen and oxygen atoms in total. The van der Waals surface area contributed by atoms with Gasteiger partial charge in [-0.1, -0.05) is 25.1 Å². The van der Waals surface area contributed by atoms with Gasteiger partial charge in [-0.15, -0.1) is 0 Å². The number of carboxylic acid groups (broad SMARTS) is 2. The van der Waals surface area contributed by atoms with Crippen LogP contribution in [0.15, 0.2) is 36.4 Å². The minimum absolute atomic E-state index is 0.0204. The minimum atomic E-state index is -1.04. The number of phenolic OH excluding ortho intramolecular Hbond substituents is 2. The van der Waals surface area contributed by atoms with Crippen molar-refractivity contribution in [3.63, 3.8) is 0 Å². The summed E-state index contributed by atoms with van der Waals surface area (Å²) in [7, 11) is 0. The lowest BCUT2D eigenvalue weighted by Gasteiger charge is -2.34. The van der Waals surface area contributed by atoms with Gasteiger partial charge in [0.2, 0.25) is 0 Å². The van der Waals surface area contributed by atoms with E-state index in [0.29, 0.717) is 35.2 Å². The van der Waals surface area contributed by atoms with Crippen LogP contribution in [-0.2, 0) is 35.9 Å². The zero-order chi connectivity index (χ0) is 26.8. The maximum atomic E-state index is 11.8. The summed E-state index contributed by atoms with van der Waals surface area (Å²) in [6.07, 6.45) is 0.388. The summed E-state index contributed by atoms with van der Waals surface area (Å²) in [4.78, 5) is 26.9. The summed E-state index contributed by atoms with van der Waals surface area (Å²) in [6.45, 7) is 3.83. The predicted octanol–water partition coefficient (Wildman–Crippen LogP) is 2.11. The summed E-state index contributed by atoms with van der Waals surface area (Å²) in [6, 6.07) is 8.20. The van der Waals surface area contributed by atoms with E-state index in [4.69, 9.17) is 0 Å². The number of benzene rings is 2. The third-order valence-electron chi connectivity index (χ3n) is 6.38. The fourth-order valence-electron chi connectivity index (χ4n) is 4.09. The number of aliphatic hydroxyl groups excluding tert-OH is 2. The Labute approximate surface area is 210 Å². The fraction of sp³-hybridized carbons (Fsp3) is 0.462. The first-order valence-electron chi connectivity index (χ1n) is 11.8. The van der Waals surface area contributed by atoms with E-state index in [-0.39, 0.29) is 56.8 Å². The molecule has 198 valence electrons. The van der Waals surface area contributed by atoms with Crippen LogP contribution < -0.4 is 0 Å². The standard InChI is InChI=1S/C26H36N2O8/c1-3-22(12-25(33)34)28(14-21-10-18(15-29)5-7-23(21)31)9-8-27(17(2)26(35)36)13-20-6-4-19(16-30)11-24(20)32/h4-7,10-11,17,22,29-32H,3,8-9,12-16H2,1-2H3,(H,33,34)(H,35,36). The zero-order valence-corrected chi connectivity index (χ0v) is 20.7. The van der Waals surface area contributed by atoms with E-state index in [2.05, 4.69) is 0 Å². The van der Waals surface area contributed by atoms with Gasteiger partial charge in [-0.2, -0.15) is 0 Å². The number of hydrogen-bond donors (Lipinski definition) is 6. The molecular weight excluding hydrogens is 468 g/mol. The van der Waals surface area contributed by atoms with Crippen LogP contribution in [0.1, 0.15) is 48.9 Å². The number of carbonyl (C=O) groups is 2. The van der Waals surface area contributed by atoms with Crippen LogP contribution in [0.2, 0.25) is 0 Å². The van der Waals surface area contributed by atoms with Gasteiger partial charge in [0.25, 0.3) is 0 Å². The highest BCUT2D eigenvalue weighted by Gasteiger charge is 2.26. The first kappa shape index (κ1) is 29.1. The number of aliphatic carboxylic acids is 2. The van der Waals surface area contributed by atoms with Gasteiger partial charge in [0, 0.05) is 43.3 Å². The van der Waals surface area contributed by atoms with Gasteiger partial charge < -0.3 is 30.6 Å². The molecule has 0 bridgehead atoms. The maximum Gasteiger partial charge on any atom is 0.320 e. The molecule has 0 spiro atoms. The monoisotopic (exact) mass is 504 g/mol. The number of carboxylic acids is 2. The second-order valence-electron chi connectivity index (χ2n) is 8.86. The molecule has 2 aromatic rings. The van der Waals surface area contributed by atoms with Crippen molar-refractivity contribution in [2.75, 3.05) is 13.1 Å². The van der Waals surface area contributed by atoms with Crippen molar-refractivity contribution < 1.29 is 40.2 Å². The van der Waals surface area contributed by atoms with E-state index in [1.165, 1.54) is 19.1 Å². The Morgan fingerprint density at radius 3 is 1.97 bits per heavy atom. The number of rotatable bonds is 15. The minimum Gasteiger partial charge on any atom is -0.508 e. The van der Waals surface area contributed by atoms with Crippen LogP contribution in [0.4, 0.5) is 0 Å². The van der Waals surface area contributed by atoms with Gasteiger partial charge in [-0.3, -0.25) is 19.4 Å². The zero-order valence-electron chi connectivity index (χ0n) is 20.7. The molecular formula is C26H36N2O8. The largest absolute Gasteiger partial charge is 0.508 e. The Balaban J connectivity index is 2.32. The summed E-state index contributed by atoms with van der Waals surface area (Å²) >= 11 is 0. The molecule has 0 aromatic heterocycles. The Morgan fingerprint density at radius 1 is 0.833 bits per heavy atom. The van der Waals surface area contributed by atoms with Crippen molar-refractivity contribution >= 4 is 11.9 Å². The normalized spacial score (nSPS) is 13.2. The summed E-state index contributed by atoms with van der Waals surface area (Å²) in [5.41, 5.74) is 2.17. The Bertz CT molecular complexity index is 1030. The fourth-order valence-corrected chi connectivity index (χ4v) is 4.09. The van der Waals surface area contributed by atoms with Gasteiger partial charge in [0.1, 0.15) is 17.5 Å². The van der Waals surface area contributed by atoms with Crippen molar-refractivity contribution in [3.8, 4) is 11.5 Å². The highest BCUT2D eigenvalue weighted by molar-refractivity contribution is 5.72. The van der Waals surface area contributed by atoms with Crippen molar-refractivity contribution in [2.24, 2.45) is 0 Å². The number of nitrogens with zero attached hydrogens (tertiary/aromatic N) is 2. The molecule has 0 saturated heterocycles. The van der Waals surface area contributed by atoms with Gasteiger partial charge >= 0.3 is 11.9 Å². The lowest BCUT2D eigenvalue weighted by atomic mass is 10.0. The average Bonchev–Trinajstić information content (AvgIpc) is 2.85. The van der Waals surface area contributed by atoms with Gasteiger partial charge in [-0.25, -0.2) is 0 Å². The number of aromatic hydroxyl groups is 2. The van der Waals surface area contributed by atoms with Crippen LogP contribution in [0.25, 0.3) is 0 Å². The third kappa shape index (κ3) is 8.20. The number of aliphatic hydroxyl groups is 2. The Hall–Kier alpha value is -3.18. The first-order chi connectivity index (χ1) is 17.1. The van der Waals surface area contributed by atoms with E-state index in [1.54, 1.807) is 29.2 Å². The van der Waals surface area contributed by atoms with E-state index >= 15 is 0 Å². The van der Waals surface area contributed by atoms with Crippen molar-refractivity contribution in [3.05, 3.63) is 58.7 Å². The molecule has 2 aromatic carbocycles. The van der Waals surface area contributed by atoms with E-state index in [0.717, 1.165) is 0 Å². The van der Waals surface area contributed by atoms with Crippen molar-refractivity contribution in [1.29, 1.82) is 0 Å². The van der Waals surface area contributed by atoms with Crippen LogP contribution >= 0.6 is 0 Å². The lowest BCUT2D eigenvalue weighted by molar-refractivity contribution is -0.143. The predicted molar refractivity (Wildman–Crippen MR) is 132 cm³/mol. The molecule has 0 aliphatic carbocycles. The van der Waals surface area contributed by atoms with Gasteiger partial charge in [0.05, 0.1) is 19.6 Å². The molecule has 2 atom stereocenters. The molecule has 0 amide bonds. The molecule has 0 radical (unpaired) electrons. The van der Waals surface area contributed by atoms with Crippen LogP contribution in [-0.4, -0.2) is 77.6 Å². The lowest BCUT2D eigenvalue weighted by Crippen LogP contribution is -2.45. The third-order valence-corrected chi connectivity index (χ3v) is 6.38. The topological polar surface area (TPSA) is 162 Å². The molecule has 0 saturated carbocycles. The summed E-state index contributed by atoms with van der Waals surface area (Å²) in [5, 5.41) is 58.6.